The largest absolute Gasteiger partial charge is 0.452 e. The molecule has 0 radical (unpaired) electrons. The summed E-state index contributed by atoms with van der Waals surface area (Å²) < 4.78 is 5.42. The molecule has 3 aliphatic rings. The first-order chi connectivity index (χ1) is 17.4. The number of carbonyl (C=O) groups excluding carboxylic acids is 4. The van der Waals surface area contributed by atoms with Crippen LogP contribution in [0.4, 0.5) is 5.69 Å². The highest BCUT2D eigenvalue weighted by Gasteiger charge is 2.60. The highest BCUT2D eigenvalue weighted by atomic mass is 16.5. The number of rotatable bonds is 6. The van der Waals surface area contributed by atoms with Gasteiger partial charge in [0.05, 0.1) is 11.3 Å². The Kier molecular flexibility index (Phi) is 6.49. The van der Waals surface area contributed by atoms with Gasteiger partial charge in [-0.1, -0.05) is 42.5 Å². The quantitative estimate of drug-likeness (QED) is 0.622. The number of benzene rings is 2. The summed E-state index contributed by atoms with van der Waals surface area (Å²) in [5.74, 6) is -1.78. The number of fused-ring (bicyclic) bond motifs is 3. The van der Waals surface area contributed by atoms with E-state index >= 15 is 0 Å². The minimum Gasteiger partial charge on any atom is -0.452 e. The van der Waals surface area contributed by atoms with Crippen molar-refractivity contribution in [2.75, 3.05) is 31.6 Å². The molecule has 3 amide bonds. The molecular formula is C27H30N4O5. The number of esters is 1. The summed E-state index contributed by atoms with van der Waals surface area (Å²) in [6.07, 6.45) is 1.84. The van der Waals surface area contributed by atoms with Gasteiger partial charge in [0.15, 0.2) is 6.61 Å². The SMILES string of the molecule is CN1C(=O)c2ccccc2N2C(=O)CCC12C(=O)OCC(=O)NC1CCN(Cc2ccccc2)CC1. The minimum absolute atomic E-state index is 0.0109. The molecule has 2 aromatic rings. The van der Waals surface area contributed by atoms with Crippen LogP contribution >= 0.6 is 0 Å². The molecular weight excluding hydrogens is 460 g/mol. The zero-order valence-electron chi connectivity index (χ0n) is 20.3. The summed E-state index contributed by atoms with van der Waals surface area (Å²) in [7, 11) is 1.49. The van der Waals surface area contributed by atoms with Crippen LogP contribution in [-0.4, -0.2) is 71.9 Å². The van der Waals surface area contributed by atoms with Crippen molar-refractivity contribution in [2.24, 2.45) is 0 Å². The normalized spacial score (nSPS) is 22.2. The van der Waals surface area contributed by atoms with Gasteiger partial charge in [-0.3, -0.25) is 24.2 Å². The van der Waals surface area contributed by atoms with Crippen molar-refractivity contribution in [3.05, 3.63) is 65.7 Å². The number of nitrogens with one attached hydrogen (secondary N) is 1. The van der Waals surface area contributed by atoms with Gasteiger partial charge in [-0.25, -0.2) is 4.79 Å². The first kappa shape index (κ1) is 24.0. The van der Waals surface area contributed by atoms with Crippen molar-refractivity contribution in [3.8, 4) is 0 Å². The predicted molar refractivity (Wildman–Crippen MR) is 132 cm³/mol. The van der Waals surface area contributed by atoms with Gasteiger partial charge in [0.25, 0.3) is 11.8 Å². The summed E-state index contributed by atoms with van der Waals surface area (Å²) in [5, 5.41) is 2.96. The van der Waals surface area contributed by atoms with E-state index in [1.165, 1.54) is 22.4 Å². The molecule has 0 saturated carbocycles. The third kappa shape index (κ3) is 4.24. The molecule has 1 N–H and O–H groups in total. The second-order valence-corrected chi connectivity index (χ2v) is 9.61. The van der Waals surface area contributed by atoms with Crippen LogP contribution < -0.4 is 10.2 Å². The zero-order chi connectivity index (χ0) is 25.3. The molecule has 1 unspecified atom stereocenters. The lowest BCUT2D eigenvalue weighted by atomic mass is 9.97. The molecule has 3 aliphatic heterocycles. The summed E-state index contributed by atoms with van der Waals surface area (Å²) in [5.41, 5.74) is 0.437. The van der Waals surface area contributed by atoms with Gasteiger partial charge in [-0.15, -0.1) is 0 Å². The van der Waals surface area contributed by atoms with Gasteiger partial charge < -0.3 is 15.0 Å². The summed E-state index contributed by atoms with van der Waals surface area (Å²) in [4.78, 5) is 56.7. The molecule has 3 heterocycles. The molecule has 188 valence electrons. The maximum Gasteiger partial charge on any atom is 0.354 e. The summed E-state index contributed by atoms with van der Waals surface area (Å²) in [6, 6.07) is 17.0. The number of nitrogens with zero attached hydrogens (tertiary/aromatic N) is 3. The minimum atomic E-state index is -1.58. The fourth-order valence-corrected chi connectivity index (χ4v) is 5.48. The zero-order valence-corrected chi connectivity index (χ0v) is 20.3. The van der Waals surface area contributed by atoms with E-state index in [1.807, 2.05) is 18.2 Å². The van der Waals surface area contributed by atoms with Gasteiger partial charge in [0, 0.05) is 45.6 Å². The number of anilines is 1. The Morgan fingerprint density at radius 3 is 2.47 bits per heavy atom. The van der Waals surface area contributed by atoms with Crippen molar-refractivity contribution in [3.63, 3.8) is 0 Å². The van der Waals surface area contributed by atoms with Crippen LogP contribution in [0.15, 0.2) is 54.6 Å². The number of carbonyl (C=O) groups is 4. The average molecular weight is 491 g/mol. The number of likely N-dealkylation sites (N-methyl/N-ethyl adjacent to an activating group) is 1. The van der Waals surface area contributed by atoms with Gasteiger partial charge in [0.2, 0.25) is 11.6 Å². The average Bonchev–Trinajstić information content (AvgIpc) is 3.26. The van der Waals surface area contributed by atoms with Gasteiger partial charge >= 0.3 is 5.97 Å². The lowest BCUT2D eigenvalue weighted by Gasteiger charge is -2.46. The van der Waals surface area contributed by atoms with Crippen LogP contribution in [0.1, 0.15) is 41.6 Å². The first-order valence-electron chi connectivity index (χ1n) is 12.3. The van der Waals surface area contributed by atoms with Gasteiger partial charge in [-0.2, -0.15) is 0 Å². The van der Waals surface area contributed by atoms with Crippen LogP contribution in [0, 0.1) is 0 Å². The van der Waals surface area contributed by atoms with Crippen LogP contribution in [0.25, 0.3) is 0 Å². The fourth-order valence-electron chi connectivity index (χ4n) is 5.48. The second-order valence-electron chi connectivity index (χ2n) is 9.61. The summed E-state index contributed by atoms with van der Waals surface area (Å²) in [6.45, 7) is 2.15. The fraction of sp³-hybridized carbons (Fsp3) is 0.407. The van der Waals surface area contributed by atoms with E-state index in [9.17, 15) is 19.2 Å². The Bertz CT molecular complexity index is 1180. The van der Waals surface area contributed by atoms with E-state index in [0.29, 0.717) is 11.3 Å². The molecule has 1 atom stereocenters. The number of ether oxygens (including phenoxy) is 1. The third-order valence-electron chi connectivity index (χ3n) is 7.40. The highest BCUT2D eigenvalue weighted by Crippen LogP contribution is 2.44. The molecule has 0 aliphatic carbocycles. The smallest absolute Gasteiger partial charge is 0.354 e. The lowest BCUT2D eigenvalue weighted by molar-refractivity contribution is -0.159. The Hall–Kier alpha value is -3.72. The van der Waals surface area contributed by atoms with Crippen LogP contribution in [-0.2, 0) is 25.7 Å². The molecule has 5 rings (SSSR count). The number of para-hydroxylation sites is 1. The van der Waals surface area contributed by atoms with Crippen molar-refractivity contribution in [2.45, 2.75) is 43.9 Å². The Morgan fingerprint density at radius 1 is 1.03 bits per heavy atom. The molecule has 36 heavy (non-hydrogen) atoms. The molecule has 9 heteroatoms. The molecule has 0 bridgehead atoms. The van der Waals surface area contributed by atoms with E-state index in [-0.39, 0.29) is 36.6 Å². The molecule has 9 nitrogen and oxygen atoms in total. The van der Waals surface area contributed by atoms with Crippen LogP contribution in [0.3, 0.4) is 0 Å². The number of piperidine rings is 1. The Morgan fingerprint density at radius 2 is 1.72 bits per heavy atom. The molecule has 0 spiro atoms. The van der Waals surface area contributed by atoms with Gasteiger partial charge in [-0.05, 0) is 30.5 Å². The second kappa shape index (κ2) is 9.73. The Labute approximate surface area is 210 Å². The monoisotopic (exact) mass is 490 g/mol. The molecule has 2 saturated heterocycles. The standard InChI is InChI=1S/C27H30N4O5/c1-29-25(34)21-9-5-6-10-22(21)31-24(33)11-14-27(29,31)26(35)36-18-23(32)28-20-12-15-30(16-13-20)17-19-7-3-2-4-8-19/h2-10,20H,11-18H2,1H3,(H,28,32). The molecule has 2 aromatic carbocycles. The maximum atomic E-state index is 13.3. The first-order valence-corrected chi connectivity index (χ1v) is 12.3. The number of hydrogen-bond donors (Lipinski definition) is 1. The van der Waals surface area contributed by atoms with E-state index in [4.69, 9.17) is 4.74 Å². The molecule has 2 fully saturated rings. The van der Waals surface area contributed by atoms with Crippen molar-refractivity contribution >= 4 is 29.4 Å². The van der Waals surface area contributed by atoms with E-state index in [1.54, 1.807) is 24.3 Å². The lowest BCUT2D eigenvalue weighted by Crippen LogP contribution is -2.67. The van der Waals surface area contributed by atoms with E-state index in [2.05, 4.69) is 22.3 Å². The summed E-state index contributed by atoms with van der Waals surface area (Å²) >= 11 is 0. The van der Waals surface area contributed by atoms with Gasteiger partial charge in [0.1, 0.15) is 0 Å². The molecule has 0 aromatic heterocycles. The third-order valence-corrected chi connectivity index (χ3v) is 7.40. The maximum absolute atomic E-state index is 13.3. The van der Waals surface area contributed by atoms with Crippen LogP contribution in [0.5, 0.6) is 0 Å². The van der Waals surface area contributed by atoms with Crippen molar-refractivity contribution in [1.82, 2.24) is 15.1 Å². The van der Waals surface area contributed by atoms with Crippen molar-refractivity contribution in [1.29, 1.82) is 0 Å². The number of hydrogen-bond acceptors (Lipinski definition) is 6. The van der Waals surface area contributed by atoms with E-state index < -0.39 is 18.2 Å². The highest BCUT2D eigenvalue weighted by molar-refractivity contribution is 6.15. The number of amides is 3. The topological polar surface area (TPSA) is 99.3 Å². The number of likely N-dealkylation sites (tertiary alicyclic amines) is 1. The van der Waals surface area contributed by atoms with E-state index in [0.717, 1.165) is 32.5 Å². The predicted octanol–water partition coefficient (Wildman–Crippen LogP) is 1.92. The Balaban J connectivity index is 1.18. The van der Waals surface area contributed by atoms with Crippen molar-refractivity contribution < 1.29 is 23.9 Å². The van der Waals surface area contributed by atoms with Crippen LogP contribution in [0.2, 0.25) is 0 Å².